The number of benzene rings is 2. The average molecular weight is 422 g/mol. The van der Waals surface area contributed by atoms with Crippen LogP contribution in [0.2, 0.25) is 0 Å². The van der Waals surface area contributed by atoms with Crippen molar-refractivity contribution >= 4 is 11.8 Å². The lowest BCUT2D eigenvalue weighted by Gasteiger charge is -2.09. The molecule has 0 aliphatic carbocycles. The molecule has 3 rings (SSSR count). The van der Waals surface area contributed by atoms with Crippen molar-refractivity contribution in [2.24, 2.45) is 0 Å². The first-order chi connectivity index (χ1) is 15.1. The highest BCUT2D eigenvalue weighted by atomic mass is 16.5. The van der Waals surface area contributed by atoms with E-state index in [4.69, 9.17) is 13.9 Å². The van der Waals surface area contributed by atoms with Crippen molar-refractivity contribution in [1.29, 1.82) is 0 Å². The highest BCUT2D eigenvalue weighted by Gasteiger charge is 2.08. The average Bonchev–Trinajstić information content (AvgIpc) is 3.33. The van der Waals surface area contributed by atoms with Gasteiger partial charge in [-0.2, -0.15) is 0 Å². The molecule has 2 amide bonds. The predicted molar refractivity (Wildman–Crippen MR) is 116 cm³/mol. The fourth-order valence-corrected chi connectivity index (χ4v) is 2.89. The Morgan fingerprint density at radius 3 is 2.48 bits per heavy atom. The molecule has 0 bridgehead atoms. The summed E-state index contributed by atoms with van der Waals surface area (Å²) in [6.07, 6.45) is 2.53. The van der Waals surface area contributed by atoms with Gasteiger partial charge in [0.15, 0.2) is 0 Å². The van der Waals surface area contributed by atoms with Crippen molar-refractivity contribution in [3.05, 3.63) is 83.8 Å². The highest BCUT2D eigenvalue weighted by Crippen LogP contribution is 2.17. The molecular weight excluding hydrogens is 396 g/mol. The second-order valence-corrected chi connectivity index (χ2v) is 6.87. The number of furan rings is 1. The van der Waals surface area contributed by atoms with Crippen LogP contribution >= 0.6 is 0 Å². The van der Waals surface area contributed by atoms with Crippen LogP contribution in [-0.4, -0.2) is 25.5 Å². The third kappa shape index (κ3) is 7.22. The zero-order chi connectivity index (χ0) is 21.9. The minimum absolute atomic E-state index is 0.0639. The van der Waals surface area contributed by atoms with Gasteiger partial charge in [0.2, 0.25) is 5.91 Å². The van der Waals surface area contributed by atoms with E-state index in [1.165, 1.54) is 0 Å². The number of carbonyl (C=O) groups is 2. The van der Waals surface area contributed by atoms with E-state index in [0.29, 0.717) is 43.9 Å². The topological polar surface area (TPSA) is 89.8 Å². The zero-order valence-electron chi connectivity index (χ0n) is 17.4. The molecule has 0 aliphatic heterocycles. The third-order valence-corrected chi connectivity index (χ3v) is 4.56. The predicted octanol–water partition coefficient (Wildman–Crippen LogP) is 3.69. The Morgan fingerprint density at radius 1 is 0.935 bits per heavy atom. The van der Waals surface area contributed by atoms with Gasteiger partial charge in [-0.15, -0.1) is 0 Å². The van der Waals surface area contributed by atoms with Gasteiger partial charge < -0.3 is 24.5 Å². The normalized spacial score (nSPS) is 10.4. The molecule has 0 spiro atoms. The summed E-state index contributed by atoms with van der Waals surface area (Å²) in [5.41, 5.74) is 1.39. The second-order valence-electron chi connectivity index (χ2n) is 6.87. The molecule has 0 radical (unpaired) electrons. The first-order valence-electron chi connectivity index (χ1n) is 10.1. The summed E-state index contributed by atoms with van der Waals surface area (Å²) in [4.78, 5) is 24.4. The number of methoxy groups -OCH3 is 1. The van der Waals surface area contributed by atoms with E-state index in [1.807, 2.05) is 30.3 Å². The van der Waals surface area contributed by atoms with E-state index in [0.717, 1.165) is 17.1 Å². The summed E-state index contributed by atoms with van der Waals surface area (Å²) in [5.74, 6) is 1.94. The smallest absolute Gasteiger partial charge is 0.251 e. The van der Waals surface area contributed by atoms with Crippen LogP contribution in [0.4, 0.5) is 0 Å². The number of rotatable bonds is 11. The maximum absolute atomic E-state index is 12.3. The van der Waals surface area contributed by atoms with Crippen molar-refractivity contribution in [2.45, 2.75) is 25.9 Å². The second kappa shape index (κ2) is 11.4. The summed E-state index contributed by atoms with van der Waals surface area (Å²) in [5, 5.41) is 5.68. The van der Waals surface area contributed by atoms with Gasteiger partial charge in [-0.3, -0.25) is 9.59 Å². The van der Waals surface area contributed by atoms with Crippen molar-refractivity contribution < 1.29 is 23.5 Å². The summed E-state index contributed by atoms with van der Waals surface area (Å²) < 4.78 is 15.9. The molecule has 1 heterocycles. The van der Waals surface area contributed by atoms with E-state index < -0.39 is 0 Å². The maximum Gasteiger partial charge on any atom is 0.251 e. The van der Waals surface area contributed by atoms with Crippen molar-refractivity contribution in [2.75, 3.05) is 13.7 Å². The first-order valence-corrected chi connectivity index (χ1v) is 10.1. The molecular formula is C24H26N2O5. The van der Waals surface area contributed by atoms with Gasteiger partial charge in [-0.1, -0.05) is 12.1 Å². The van der Waals surface area contributed by atoms with Crippen LogP contribution in [0, 0.1) is 0 Å². The Bertz CT molecular complexity index is 968. The van der Waals surface area contributed by atoms with E-state index in [2.05, 4.69) is 10.6 Å². The van der Waals surface area contributed by atoms with Gasteiger partial charge in [0.1, 0.15) is 17.3 Å². The van der Waals surface area contributed by atoms with Gasteiger partial charge in [-0.25, -0.2) is 0 Å². The van der Waals surface area contributed by atoms with Crippen LogP contribution in [-0.2, 0) is 17.9 Å². The van der Waals surface area contributed by atoms with Crippen LogP contribution in [0.25, 0.3) is 0 Å². The zero-order valence-corrected chi connectivity index (χ0v) is 17.4. The van der Waals surface area contributed by atoms with Gasteiger partial charge >= 0.3 is 0 Å². The molecule has 3 aromatic rings. The number of nitrogens with one attached hydrogen (secondary N) is 2. The van der Waals surface area contributed by atoms with Crippen LogP contribution < -0.4 is 20.1 Å². The summed E-state index contributed by atoms with van der Waals surface area (Å²) in [6, 6.07) is 18.1. The van der Waals surface area contributed by atoms with E-state index in [1.54, 1.807) is 43.7 Å². The Labute approximate surface area is 181 Å². The minimum Gasteiger partial charge on any atom is -0.497 e. The van der Waals surface area contributed by atoms with Crippen molar-refractivity contribution in [3.8, 4) is 11.5 Å². The standard InChI is InChI=1S/C24H26N2O5/c1-29-20-9-11-21(12-10-20)30-14-4-8-23(27)25-16-18-5-2-6-19(15-18)24(28)26-17-22-7-3-13-31-22/h2-3,5-7,9-13,15H,4,8,14,16-17H2,1H3,(H,25,27)(H,26,28). The molecule has 2 aromatic carbocycles. The molecule has 0 saturated carbocycles. The van der Waals surface area contributed by atoms with Crippen LogP contribution in [0.5, 0.6) is 11.5 Å². The van der Waals surface area contributed by atoms with E-state index >= 15 is 0 Å². The summed E-state index contributed by atoms with van der Waals surface area (Å²) in [7, 11) is 1.61. The fraction of sp³-hybridized carbons (Fsp3) is 0.250. The lowest BCUT2D eigenvalue weighted by molar-refractivity contribution is -0.121. The Morgan fingerprint density at radius 2 is 1.74 bits per heavy atom. The van der Waals surface area contributed by atoms with E-state index in [9.17, 15) is 9.59 Å². The monoisotopic (exact) mass is 422 g/mol. The lowest BCUT2D eigenvalue weighted by atomic mass is 10.1. The molecule has 31 heavy (non-hydrogen) atoms. The SMILES string of the molecule is COc1ccc(OCCCC(=O)NCc2cccc(C(=O)NCc3ccco3)c2)cc1. The molecule has 0 aliphatic rings. The molecule has 7 heteroatoms. The Kier molecular flexibility index (Phi) is 8.11. The van der Waals surface area contributed by atoms with Crippen molar-refractivity contribution in [1.82, 2.24) is 10.6 Å². The maximum atomic E-state index is 12.3. The quantitative estimate of drug-likeness (QED) is 0.460. The number of amides is 2. The number of hydrogen-bond acceptors (Lipinski definition) is 5. The molecule has 0 fully saturated rings. The Hall–Kier alpha value is -3.74. The number of hydrogen-bond donors (Lipinski definition) is 2. The molecule has 1 aromatic heterocycles. The van der Waals surface area contributed by atoms with Crippen LogP contribution in [0.15, 0.2) is 71.3 Å². The summed E-state index contributed by atoms with van der Waals surface area (Å²) in [6.45, 7) is 1.13. The molecule has 0 saturated heterocycles. The molecule has 0 unspecified atom stereocenters. The molecule has 2 N–H and O–H groups in total. The third-order valence-electron chi connectivity index (χ3n) is 4.56. The highest BCUT2D eigenvalue weighted by molar-refractivity contribution is 5.94. The number of ether oxygens (including phenoxy) is 2. The van der Waals surface area contributed by atoms with Crippen LogP contribution in [0.3, 0.4) is 0 Å². The van der Waals surface area contributed by atoms with E-state index in [-0.39, 0.29) is 11.8 Å². The largest absolute Gasteiger partial charge is 0.497 e. The molecule has 0 atom stereocenters. The van der Waals surface area contributed by atoms with Crippen molar-refractivity contribution in [3.63, 3.8) is 0 Å². The van der Waals surface area contributed by atoms with Gasteiger partial charge in [0.25, 0.3) is 5.91 Å². The van der Waals surface area contributed by atoms with Gasteiger partial charge in [0.05, 0.1) is 26.5 Å². The van der Waals surface area contributed by atoms with Crippen LogP contribution in [0.1, 0.15) is 34.5 Å². The fourth-order valence-electron chi connectivity index (χ4n) is 2.89. The van der Waals surface area contributed by atoms with Gasteiger partial charge in [0, 0.05) is 18.5 Å². The van der Waals surface area contributed by atoms with Gasteiger partial charge in [-0.05, 0) is 60.5 Å². The molecule has 162 valence electrons. The summed E-state index contributed by atoms with van der Waals surface area (Å²) >= 11 is 0. The Balaban J connectivity index is 1.36. The molecule has 7 nitrogen and oxygen atoms in total. The minimum atomic E-state index is -0.194. The first kappa shape index (κ1) is 22.0. The lowest BCUT2D eigenvalue weighted by Crippen LogP contribution is -2.24. The number of carbonyl (C=O) groups excluding carboxylic acids is 2.